The predicted molar refractivity (Wildman–Crippen MR) is 44.6 cm³/mol. The van der Waals surface area contributed by atoms with Crippen molar-refractivity contribution in [2.45, 2.75) is 12.5 Å². The van der Waals surface area contributed by atoms with Crippen molar-refractivity contribution in [1.82, 2.24) is 9.97 Å². The van der Waals surface area contributed by atoms with Crippen molar-refractivity contribution in [3.63, 3.8) is 0 Å². The zero-order valence-electron chi connectivity index (χ0n) is 7.01. The number of imidazole rings is 1. The van der Waals surface area contributed by atoms with Gasteiger partial charge in [0.25, 0.3) is 0 Å². The number of carboxylic acids is 1. The number of nitro groups is 1. The first-order chi connectivity index (χ1) is 6.52. The minimum atomic E-state index is -1.22. The van der Waals surface area contributed by atoms with Gasteiger partial charge in [0, 0.05) is 6.42 Å². The van der Waals surface area contributed by atoms with Gasteiger partial charge in [-0.15, -0.1) is 0 Å². The average Bonchev–Trinajstić information content (AvgIpc) is 2.52. The second kappa shape index (κ2) is 3.83. The Kier molecular flexibility index (Phi) is 2.77. The lowest BCUT2D eigenvalue weighted by Crippen LogP contribution is -2.32. The summed E-state index contributed by atoms with van der Waals surface area (Å²) in [6, 6.07) is -1.18. The van der Waals surface area contributed by atoms with Crippen LogP contribution < -0.4 is 5.73 Å². The Morgan fingerprint density at radius 3 is 3.00 bits per heavy atom. The highest BCUT2D eigenvalue weighted by molar-refractivity contribution is 5.73. The SMILES string of the molecule is N[C@H](Cc1nc[nH]c1[N+](=O)[O-])C(=O)O. The van der Waals surface area contributed by atoms with Gasteiger partial charge in [-0.3, -0.25) is 4.79 Å². The summed E-state index contributed by atoms with van der Waals surface area (Å²) in [6.07, 6.45) is 0.956. The normalized spacial score (nSPS) is 12.4. The van der Waals surface area contributed by atoms with Crippen LogP contribution in [0.25, 0.3) is 0 Å². The maximum Gasteiger partial charge on any atom is 0.343 e. The predicted octanol–water partition coefficient (Wildman–Crippen LogP) is -0.728. The third kappa shape index (κ3) is 2.04. The molecule has 1 aromatic heterocycles. The number of aromatic amines is 1. The second-order valence-electron chi connectivity index (χ2n) is 2.60. The summed E-state index contributed by atoms with van der Waals surface area (Å²) in [5, 5.41) is 18.9. The molecule has 0 amide bonds. The van der Waals surface area contributed by atoms with Gasteiger partial charge in [0.05, 0.1) is 0 Å². The van der Waals surface area contributed by atoms with E-state index in [-0.39, 0.29) is 17.9 Å². The summed E-state index contributed by atoms with van der Waals surface area (Å²) in [6.45, 7) is 0. The average molecular weight is 200 g/mol. The molecular weight excluding hydrogens is 192 g/mol. The van der Waals surface area contributed by atoms with Gasteiger partial charge >= 0.3 is 11.8 Å². The third-order valence-corrected chi connectivity index (χ3v) is 1.61. The van der Waals surface area contributed by atoms with Crippen molar-refractivity contribution < 1.29 is 14.8 Å². The lowest BCUT2D eigenvalue weighted by molar-refractivity contribution is -0.390. The summed E-state index contributed by atoms with van der Waals surface area (Å²) < 4.78 is 0. The Bertz CT molecular complexity index is 360. The van der Waals surface area contributed by atoms with Crippen LogP contribution >= 0.6 is 0 Å². The summed E-state index contributed by atoms with van der Waals surface area (Å²) in [7, 11) is 0. The van der Waals surface area contributed by atoms with Gasteiger partial charge in [0.1, 0.15) is 11.7 Å². The number of aromatic nitrogens is 2. The van der Waals surface area contributed by atoms with E-state index in [0.717, 1.165) is 6.33 Å². The number of nitrogens with zero attached hydrogens (tertiary/aromatic N) is 2. The molecule has 1 atom stereocenters. The molecule has 0 aliphatic carbocycles. The summed E-state index contributed by atoms with van der Waals surface area (Å²) in [5.41, 5.74) is 5.25. The van der Waals surface area contributed by atoms with Crippen LogP contribution in [0.1, 0.15) is 5.69 Å². The number of rotatable bonds is 4. The van der Waals surface area contributed by atoms with E-state index >= 15 is 0 Å². The molecule has 14 heavy (non-hydrogen) atoms. The number of hydrogen-bond donors (Lipinski definition) is 3. The molecule has 0 spiro atoms. The number of carboxylic acid groups (broad SMARTS) is 1. The van der Waals surface area contributed by atoms with Crippen LogP contribution in [0.15, 0.2) is 6.33 Å². The highest BCUT2D eigenvalue weighted by Gasteiger charge is 2.21. The molecule has 0 saturated carbocycles. The van der Waals surface area contributed by atoms with Gasteiger partial charge in [-0.05, 0) is 4.92 Å². The van der Waals surface area contributed by atoms with E-state index in [4.69, 9.17) is 10.8 Å². The molecule has 0 aromatic carbocycles. The molecule has 4 N–H and O–H groups in total. The first-order valence-corrected chi connectivity index (χ1v) is 3.67. The van der Waals surface area contributed by atoms with E-state index < -0.39 is 16.9 Å². The van der Waals surface area contributed by atoms with Crippen LogP contribution in [0.5, 0.6) is 0 Å². The van der Waals surface area contributed by atoms with Crippen molar-refractivity contribution in [3.05, 3.63) is 22.1 Å². The highest BCUT2D eigenvalue weighted by Crippen LogP contribution is 2.13. The molecule has 1 heterocycles. The topological polar surface area (TPSA) is 135 Å². The molecule has 0 unspecified atom stereocenters. The zero-order chi connectivity index (χ0) is 10.7. The quantitative estimate of drug-likeness (QED) is 0.433. The Hall–Kier alpha value is -1.96. The molecule has 76 valence electrons. The number of nitrogens with two attached hydrogens (primary N) is 1. The van der Waals surface area contributed by atoms with Gasteiger partial charge in [-0.2, -0.15) is 0 Å². The van der Waals surface area contributed by atoms with Crippen LogP contribution in [0, 0.1) is 10.1 Å². The second-order valence-corrected chi connectivity index (χ2v) is 2.60. The lowest BCUT2D eigenvalue weighted by Gasteiger charge is -2.02. The first-order valence-electron chi connectivity index (χ1n) is 3.67. The van der Waals surface area contributed by atoms with Crippen LogP contribution in [0.3, 0.4) is 0 Å². The Balaban J connectivity index is 2.81. The van der Waals surface area contributed by atoms with Crippen LogP contribution in [0.4, 0.5) is 5.82 Å². The largest absolute Gasteiger partial charge is 0.480 e. The van der Waals surface area contributed by atoms with E-state index in [9.17, 15) is 14.9 Å². The van der Waals surface area contributed by atoms with Crippen LogP contribution in [-0.4, -0.2) is 32.0 Å². The van der Waals surface area contributed by atoms with Gasteiger partial charge in [-0.1, -0.05) is 0 Å². The van der Waals surface area contributed by atoms with Gasteiger partial charge in [-0.25, -0.2) is 9.97 Å². The van der Waals surface area contributed by atoms with E-state index in [2.05, 4.69) is 9.97 Å². The van der Waals surface area contributed by atoms with Gasteiger partial charge in [0.2, 0.25) is 0 Å². The molecular formula is C6H8N4O4. The molecule has 0 radical (unpaired) electrons. The Labute approximate surface area is 77.9 Å². The number of hydrogen-bond acceptors (Lipinski definition) is 5. The summed E-state index contributed by atoms with van der Waals surface area (Å²) >= 11 is 0. The fourth-order valence-corrected chi connectivity index (χ4v) is 0.919. The molecule has 8 nitrogen and oxygen atoms in total. The molecule has 0 aliphatic heterocycles. The number of aliphatic carboxylic acids is 1. The first kappa shape index (κ1) is 10.1. The van der Waals surface area contributed by atoms with Crippen LogP contribution in [0.2, 0.25) is 0 Å². The van der Waals surface area contributed by atoms with E-state index in [1.807, 2.05) is 0 Å². The van der Waals surface area contributed by atoms with Crippen molar-refractivity contribution in [3.8, 4) is 0 Å². The van der Waals surface area contributed by atoms with E-state index in [0.29, 0.717) is 0 Å². The standard InChI is InChI=1S/C6H8N4O4/c7-3(6(11)12)1-4-5(10(13)14)9-2-8-4/h2-3H,1,7H2,(H,8,9)(H,11,12)/t3-/m1/s1. The van der Waals surface area contributed by atoms with Crippen LogP contribution in [-0.2, 0) is 11.2 Å². The molecule has 0 saturated heterocycles. The number of H-pyrrole nitrogens is 1. The fraction of sp³-hybridized carbons (Fsp3) is 0.333. The van der Waals surface area contributed by atoms with Crippen molar-refractivity contribution in [2.24, 2.45) is 5.73 Å². The Morgan fingerprint density at radius 1 is 1.86 bits per heavy atom. The molecule has 0 bridgehead atoms. The lowest BCUT2D eigenvalue weighted by atomic mass is 10.2. The smallest absolute Gasteiger partial charge is 0.343 e. The zero-order valence-corrected chi connectivity index (χ0v) is 7.01. The molecule has 1 rings (SSSR count). The maximum absolute atomic E-state index is 10.4. The van der Waals surface area contributed by atoms with Crippen molar-refractivity contribution in [2.75, 3.05) is 0 Å². The number of nitrogens with one attached hydrogen (secondary N) is 1. The third-order valence-electron chi connectivity index (χ3n) is 1.61. The molecule has 8 heteroatoms. The van der Waals surface area contributed by atoms with Crippen molar-refractivity contribution in [1.29, 1.82) is 0 Å². The number of carbonyl (C=O) groups is 1. The van der Waals surface area contributed by atoms with Crippen molar-refractivity contribution >= 4 is 11.8 Å². The fourth-order valence-electron chi connectivity index (χ4n) is 0.919. The van der Waals surface area contributed by atoms with E-state index in [1.54, 1.807) is 0 Å². The highest BCUT2D eigenvalue weighted by atomic mass is 16.6. The molecule has 0 fully saturated rings. The van der Waals surface area contributed by atoms with Gasteiger partial charge < -0.3 is 21.0 Å². The summed E-state index contributed by atoms with van der Waals surface area (Å²) in [4.78, 5) is 26.0. The Morgan fingerprint density at radius 2 is 2.50 bits per heavy atom. The monoisotopic (exact) mass is 200 g/mol. The minimum Gasteiger partial charge on any atom is -0.480 e. The molecule has 1 aromatic rings. The summed E-state index contributed by atoms with van der Waals surface area (Å²) in [5.74, 6) is -1.54. The maximum atomic E-state index is 10.4. The van der Waals surface area contributed by atoms with E-state index in [1.165, 1.54) is 0 Å². The minimum absolute atomic E-state index is 0.0462. The molecule has 0 aliphatic rings. The van der Waals surface area contributed by atoms with Gasteiger partial charge in [0.15, 0.2) is 6.33 Å².